The molecule has 1 saturated heterocycles. The number of aryl methyl sites for hydroxylation is 1. The summed E-state index contributed by atoms with van der Waals surface area (Å²) in [7, 11) is 0. The molecule has 4 nitrogen and oxygen atoms in total. The van der Waals surface area contributed by atoms with Crippen molar-refractivity contribution in [3.8, 4) is 0 Å². The second kappa shape index (κ2) is 7.54. The number of quaternary nitrogens is 1. The fraction of sp³-hybridized carbons (Fsp3) is 0.476. The van der Waals surface area contributed by atoms with E-state index in [0.29, 0.717) is 6.54 Å². The van der Waals surface area contributed by atoms with Crippen LogP contribution in [-0.2, 0) is 11.3 Å². The van der Waals surface area contributed by atoms with Gasteiger partial charge in [-0.05, 0) is 39.3 Å². The van der Waals surface area contributed by atoms with Gasteiger partial charge in [0, 0.05) is 23.5 Å². The number of carbonyl (C=O) groups excluding carboxylic acids is 1. The van der Waals surface area contributed by atoms with Crippen molar-refractivity contribution in [3.63, 3.8) is 0 Å². The highest BCUT2D eigenvalue weighted by atomic mass is 16.5. The number of nitrogens with zero attached hydrogens (tertiary/aromatic N) is 1. The Bertz CT molecular complexity index is 726. The lowest BCUT2D eigenvalue weighted by Gasteiger charge is -2.31. The molecule has 3 rings (SSSR count). The number of benzene rings is 1. The fourth-order valence-corrected chi connectivity index (χ4v) is 3.95. The summed E-state index contributed by atoms with van der Waals surface area (Å²) in [5, 5.41) is 0. The summed E-state index contributed by atoms with van der Waals surface area (Å²) >= 11 is 0. The first-order chi connectivity index (χ1) is 11.9. The molecule has 4 heteroatoms. The van der Waals surface area contributed by atoms with Crippen molar-refractivity contribution in [2.45, 2.75) is 46.4 Å². The topological polar surface area (TPSA) is 35.7 Å². The van der Waals surface area contributed by atoms with Crippen molar-refractivity contribution in [1.29, 1.82) is 0 Å². The highest BCUT2D eigenvalue weighted by molar-refractivity contribution is 5.98. The number of rotatable bonds is 5. The molecule has 0 saturated carbocycles. The molecule has 0 radical (unpaired) electrons. The van der Waals surface area contributed by atoms with Gasteiger partial charge in [-0.1, -0.05) is 30.3 Å². The molecule has 134 valence electrons. The smallest absolute Gasteiger partial charge is 0.218 e. The molecule has 0 spiro atoms. The summed E-state index contributed by atoms with van der Waals surface area (Å²) in [6.07, 6.45) is 0.439. The van der Waals surface area contributed by atoms with E-state index in [9.17, 15) is 4.79 Å². The number of nitrogens with one attached hydrogen (secondary N) is 1. The number of ether oxygens (including phenoxy) is 1. The highest BCUT2D eigenvalue weighted by Gasteiger charge is 2.28. The first-order valence-corrected chi connectivity index (χ1v) is 9.17. The average molecular weight is 341 g/mol. The lowest BCUT2D eigenvalue weighted by atomic mass is 10.1. The van der Waals surface area contributed by atoms with Gasteiger partial charge in [0.1, 0.15) is 31.8 Å². The molecule has 2 heterocycles. The molecule has 0 amide bonds. The van der Waals surface area contributed by atoms with Crippen LogP contribution in [0.2, 0.25) is 0 Å². The minimum atomic E-state index is 0.220. The number of hydrogen-bond donors (Lipinski definition) is 1. The van der Waals surface area contributed by atoms with Gasteiger partial charge in [0.15, 0.2) is 0 Å². The van der Waals surface area contributed by atoms with E-state index in [1.54, 1.807) is 0 Å². The molecule has 1 aromatic heterocycles. The van der Waals surface area contributed by atoms with E-state index >= 15 is 0 Å². The van der Waals surface area contributed by atoms with Gasteiger partial charge in [-0.25, -0.2) is 0 Å². The fourth-order valence-electron chi connectivity index (χ4n) is 3.95. The zero-order valence-corrected chi connectivity index (χ0v) is 15.7. The number of Topliss-reactive ketones (excluding diaryl/α,β-unsaturated/α-hetero) is 1. The number of morpholine rings is 1. The molecule has 2 atom stereocenters. The summed E-state index contributed by atoms with van der Waals surface area (Å²) in [6.45, 7) is 11.5. The summed E-state index contributed by atoms with van der Waals surface area (Å²) < 4.78 is 8.02. The first-order valence-electron chi connectivity index (χ1n) is 9.17. The zero-order chi connectivity index (χ0) is 18.0. The Balaban J connectivity index is 1.74. The summed E-state index contributed by atoms with van der Waals surface area (Å²) in [4.78, 5) is 14.2. The van der Waals surface area contributed by atoms with Crippen LogP contribution in [0.4, 0.5) is 0 Å². The SMILES string of the molecule is Cc1cc(C(=O)C[NH+]2C[C@@H](C)O[C@H](C)C2)c(C)n1Cc1ccccc1. The Morgan fingerprint density at radius 2 is 1.80 bits per heavy atom. The summed E-state index contributed by atoms with van der Waals surface area (Å²) in [5.74, 6) is 0.240. The number of ketones is 1. The van der Waals surface area contributed by atoms with E-state index in [4.69, 9.17) is 4.74 Å². The van der Waals surface area contributed by atoms with Crippen molar-refractivity contribution in [1.82, 2.24) is 4.57 Å². The van der Waals surface area contributed by atoms with Gasteiger partial charge in [0.25, 0.3) is 0 Å². The maximum atomic E-state index is 12.9. The molecule has 25 heavy (non-hydrogen) atoms. The molecule has 1 aromatic carbocycles. The molecule has 1 aliphatic rings. The Kier molecular flexibility index (Phi) is 5.40. The van der Waals surface area contributed by atoms with Gasteiger partial charge in [0.2, 0.25) is 5.78 Å². The predicted molar refractivity (Wildman–Crippen MR) is 99.4 cm³/mol. The standard InChI is InChI=1S/C21H28N2O2/c1-15-10-20(18(4)23(15)13-19-8-6-5-7-9-19)21(24)14-22-11-16(2)25-17(3)12-22/h5-10,16-17H,11-14H2,1-4H3/p+1/t16-,17-/m1/s1. The van der Waals surface area contributed by atoms with Crippen LogP contribution in [-0.4, -0.2) is 42.2 Å². The Hall–Kier alpha value is -1.91. The van der Waals surface area contributed by atoms with Crippen LogP contribution in [0.15, 0.2) is 36.4 Å². The van der Waals surface area contributed by atoms with Gasteiger partial charge in [0.05, 0.1) is 0 Å². The average Bonchev–Trinajstić information content (AvgIpc) is 2.83. The highest BCUT2D eigenvalue weighted by Crippen LogP contribution is 2.17. The van der Waals surface area contributed by atoms with Gasteiger partial charge >= 0.3 is 0 Å². The van der Waals surface area contributed by atoms with Crippen LogP contribution in [0, 0.1) is 13.8 Å². The normalized spacial score (nSPS) is 23.6. The Labute approximate surface area is 150 Å². The third-order valence-electron chi connectivity index (χ3n) is 5.09. The molecule has 0 bridgehead atoms. The van der Waals surface area contributed by atoms with Crippen molar-refractivity contribution >= 4 is 5.78 Å². The Morgan fingerprint density at radius 3 is 2.44 bits per heavy atom. The van der Waals surface area contributed by atoms with Crippen LogP contribution < -0.4 is 4.90 Å². The third-order valence-corrected chi connectivity index (χ3v) is 5.09. The molecule has 0 aliphatic carbocycles. The quantitative estimate of drug-likeness (QED) is 0.845. The molecular weight excluding hydrogens is 312 g/mol. The minimum Gasteiger partial charge on any atom is -0.364 e. The Morgan fingerprint density at radius 1 is 1.16 bits per heavy atom. The molecule has 2 aromatic rings. The van der Waals surface area contributed by atoms with E-state index in [2.05, 4.69) is 56.5 Å². The lowest BCUT2D eigenvalue weighted by molar-refractivity contribution is -0.906. The van der Waals surface area contributed by atoms with Gasteiger partial charge in [-0.2, -0.15) is 0 Å². The van der Waals surface area contributed by atoms with Gasteiger partial charge < -0.3 is 14.2 Å². The van der Waals surface area contributed by atoms with Crippen LogP contribution >= 0.6 is 0 Å². The molecule has 1 aliphatic heterocycles. The number of aromatic nitrogens is 1. The number of carbonyl (C=O) groups is 1. The number of hydrogen-bond acceptors (Lipinski definition) is 2. The van der Waals surface area contributed by atoms with Crippen LogP contribution in [0.5, 0.6) is 0 Å². The van der Waals surface area contributed by atoms with Crippen molar-refractivity contribution in [2.75, 3.05) is 19.6 Å². The maximum absolute atomic E-state index is 12.9. The zero-order valence-electron chi connectivity index (χ0n) is 15.7. The largest absolute Gasteiger partial charge is 0.364 e. The first kappa shape index (κ1) is 17.9. The van der Waals surface area contributed by atoms with E-state index < -0.39 is 0 Å². The second-order valence-electron chi connectivity index (χ2n) is 7.37. The van der Waals surface area contributed by atoms with Crippen LogP contribution in [0.3, 0.4) is 0 Å². The van der Waals surface area contributed by atoms with Crippen molar-refractivity contribution in [2.24, 2.45) is 0 Å². The van der Waals surface area contributed by atoms with Gasteiger partial charge in [-0.3, -0.25) is 4.79 Å². The van der Waals surface area contributed by atoms with Crippen LogP contribution in [0.1, 0.15) is 41.2 Å². The molecule has 1 fully saturated rings. The minimum absolute atomic E-state index is 0.220. The second-order valence-corrected chi connectivity index (χ2v) is 7.37. The van der Waals surface area contributed by atoms with Gasteiger partial charge in [-0.15, -0.1) is 0 Å². The van der Waals surface area contributed by atoms with E-state index in [1.807, 2.05) is 12.1 Å². The van der Waals surface area contributed by atoms with E-state index in [1.165, 1.54) is 10.5 Å². The third kappa shape index (κ3) is 4.20. The lowest BCUT2D eigenvalue weighted by Crippen LogP contribution is -3.16. The van der Waals surface area contributed by atoms with E-state index in [-0.39, 0.29) is 18.0 Å². The van der Waals surface area contributed by atoms with Crippen molar-refractivity contribution < 1.29 is 14.4 Å². The van der Waals surface area contributed by atoms with Crippen molar-refractivity contribution in [3.05, 3.63) is 58.9 Å². The monoisotopic (exact) mass is 341 g/mol. The predicted octanol–water partition coefficient (Wildman–Crippen LogP) is 2.03. The van der Waals surface area contributed by atoms with Crippen LogP contribution in [0.25, 0.3) is 0 Å². The molecular formula is C21H29N2O2+. The molecule has 1 N–H and O–H groups in total. The summed E-state index contributed by atoms with van der Waals surface area (Å²) in [5.41, 5.74) is 4.33. The molecule has 0 unspecified atom stereocenters. The van der Waals surface area contributed by atoms with E-state index in [0.717, 1.165) is 36.6 Å². The summed E-state index contributed by atoms with van der Waals surface area (Å²) in [6, 6.07) is 12.4. The maximum Gasteiger partial charge on any atom is 0.218 e.